The number of aromatic amines is 1. The van der Waals surface area contributed by atoms with E-state index in [1.807, 2.05) is 0 Å². The molecule has 2 unspecified atom stereocenters. The summed E-state index contributed by atoms with van der Waals surface area (Å²) in [5.41, 5.74) is 4.54. The molecule has 180 valence electrons. The monoisotopic (exact) mass is 539 g/mol. The number of nitrogens with two attached hydrogens (primary N) is 1. The lowest BCUT2D eigenvalue weighted by molar-refractivity contribution is -0.0506. The molecule has 1 fully saturated rings. The minimum Gasteiger partial charge on any atom is -0.394 e. The van der Waals surface area contributed by atoms with Gasteiger partial charge in [0.1, 0.15) is 18.3 Å². The van der Waals surface area contributed by atoms with Crippen molar-refractivity contribution >= 4 is 51.3 Å². The Kier molecular flexibility index (Phi) is 7.09. The van der Waals surface area contributed by atoms with E-state index in [0.29, 0.717) is 0 Å². The van der Waals surface area contributed by atoms with Crippen molar-refractivity contribution in [3.63, 3.8) is 0 Å². The molecular formula is C10H16N5O13P3S. The topological polar surface area (TPSA) is 282 Å². The average Bonchev–Trinajstić information content (AvgIpc) is 3.13. The standard InChI is InChI=1S/C10H16N5O13P3S/c11-10-13-7-4(8(18)14-10)12-2-15(7)9-5(17)6(3(1-16)25-9)26-31(24,32)28-30(22,23)27-29(19,20)21/h2-3,5-6,9,16-17H,1H2,(H,22,23)(H,24,32)(H2,19,20,21)(H3,11,13,14,18)/t3-,5-,6-,9-,31?/m1/s1. The number of aliphatic hydroxyl groups excluding tert-OH is 2. The third kappa shape index (κ3) is 5.67. The molecule has 1 saturated heterocycles. The van der Waals surface area contributed by atoms with E-state index in [9.17, 15) is 33.9 Å². The number of nitrogen functional groups attached to an aromatic ring is 1. The van der Waals surface area contributed by atoms with Gasteiger partial charge in [-0.1, -0.05) is 0 Å². The van der Waals surface area contributed by atoms with E-state index in [4.69, 9.17) is 24.8 Å². The lowest BCUT2D eigenvalue weighted by Crippen LogP contribution is -2.35. The van der Waals surface area contributed by atoms with Gasteiger partial charge in [-0.2, -0.15) is 9.29 Å². The van der Waals surface area contributed by atoms with Crippen molar-refractivity contribution in [1.29, 1.82) is 0 Å². The summed E-state index contributed by atoms with van der Waals surface area (Å²) in [4.78, 5) is 58.5. The minimum atomic E-state index is -5.60. The van der Waals surface area contributed by atoms with Crippen LogP contribution in [0.5, 0.6) is 0 Å². The highest BCUT2D eigenvalue weighted by Gasteiger charge is 2.49. The number of rotatable bonds is 8. The maximum absolute atomic E-state index is 11.9. The number of nitrogens with zero attached hydrogens (tertiary/aromatic N) is 3. The summed E-state index contributed by atoms with van der Waals surface area (Å²) in [7, 11) is -11.1. The highest BCUT2D eigenvalue weighted by molar-refractivity contribution is 8.08. The first-order valence-corrected chi connectivity index (χ1v) is 13.7. The number of nitrogens with one attached hydrogen (secondary N) is 1. The first-order valence-electron chi connectivity index (χ1n) is 8.11. The molecule has 0 aliphatic carbocycles. The Balaban J connectivity index is 1.86. The van der Waals surface area contributed by atoms with Gasteiger partial charge in [-0.25, -0.2) is 18.4 Å². The average molecular weight is 539 g/mol. The Morgan fingerprint density at radius 3 is 2.53 bits per heavy atom. The van der Waals surface area contributed by atoms with Gasteiger partial charge in [0.25, 0.3) is 5.56 Å². The number of hydrogen-bond donors (Lipinski definition) is 8. The zero-order valence-corrected chi connectivity index (χ0v) is 18.8. The number of aliphatic hydroxyl groups is 2. The van der Waals surface area contributed by atoms with Crippen LogP contribution in [0.15, 0.2) is 11.1 Å². The number of anilines is 1. The fourth-order valence-corrected chi connectivity index (χ4v) is 7.09. The van der Waals surface area contributed by atoms with Gasteiger partial charge in [0.15, 0.2) is 17.4 Å². The van der Waals surface area contributed by atoms with Crippen LogP contribution >= 0.6 is 22.4 Å². The van der Waals surface area contributed by atoms with Crippen LogP contribution in [0.3, 0.4) is 0 Å². The summed E-state index contributed by atoms with van der Waals surface area (Å²) in [6.45, 7) is -5.63. The SMILES string of the molecule is Nc1nc2c(ncn2[C@@H]2O[C@H](CO)[C@@H](OP(O)(=S)OP(=O)(O)OP(=O)(O)O)[C@H]2O)c(=O)[nH]1. The maximum Gasteiger partial charge on any atom is 0.488 e. The molecule has 0 bridgehead atoms. The molecule has 0 saturated carbocycles. The highest BCUT2D eigenvalue weighted by atomic mass is 32.5. The predicted octanol–water partition coefficient (Wildman–Crippen LogP) is -2.22. The molecule has 2 aromatic heterocycles. The fourth-order valence-electron chi connectivity index (χ4n) is 2.81. The van der Waals surface area contributed by atoms with Crippen molar-refractivity contribution in [1.82, 2.24) is 19.5 Å². The second kappa shape index (κ2) is 8.90. The van der Waals surface area contributed by atoms with Crippen LogP contribution in [-0.4, -0.2) is 74.2 Å². The smallest absolute Gasteiger partial charge is 0.394 e. The summed E-state index contributed by atoms with van der Waals surface area (Å²) in [5, 5.41) is 20.2. The molecule has 18 nitrogen and oxygen atoms in total. The van der Waals surface area contributed by atoms with Gasteiger partial charge in [-0.15, -0.1) is 0 Å². The van der Waals surface area contributed by atoms with Gasteiger partial charge in [0.05, 0.1) is 12.9 Å². The Labute approximate surface area is 181 Å². The Morgan fingerprint density at radius 2 is 1.94 bits per heavy atom. The molecule has 0 radical (unpaired) electrons. The summed E-state index contributed by atoms with van der Waals surface area (Å²) in [6.07, 6.45) is -5.19. The Morgan fingerprint density at radius 1 is 1.28 bits per heavy atom. The molecule has 1 aliphatic rings. The minimum absolute atomic E-state index is 0.109. The van der Waals surface area contributed by atoms with Gasteiger partial charge >= 0.3 is 22.4 Å². The van der Waals surface area contributed by atoms with E-state index in [1.165, 1.54) is 0 Å². The lowest BCUT2D eigenvalue weighted by Gasteiger charge is -2.25. The second-order valence-corrected chi connectivity index (χ2v) is 11.9. The highest BCUT2D eigenvalue weighted by Crippen LogP contribution is 2.67. The molecule has 3 rings (SSSR count). The van der Waals surface area contributed by atoms with Crippen LogP contribution in [0, 0.1) is 0 Å². The number of phosphoric acid groups is 2. The zero-order chi connectivity index (χ0) is 24.1. The third-order valence-corrected chi connectivity index (χ3v) is 8.58. The van der Waals surface area contributed by atoms with Crippen LogP contribution < -0.4 is 11.3 Å². The number of fused-ring (bicyclic) bond motifs is 1. The summed E-state index contributed by atoms with van der Waals surface area (Å²) in [5.74, 6) is -0.272. The molecule has 6 atom stereocenters. The molecule has 3 heterocycles. The van der Waals surface area contributed by atoms with Crippen molar-refractivity contribution in [2.24, 2.45) is 0 Å². The largest absolute Gasteiger partial charge is 0.488 e. The van der Waals surface area contributed by atoms with E-state index in [-0.39, 0.29) is 17.1 Å². The van der Waals surface area contributed by atoms with E-state index in [1.54, 1.807) is 0 Å². The summed E-state index contributed by atoms with van der Waals surface area (Å²) < 4.78 is 41.5. The molecule has 22 heteroatoms. The van der Waals surface area contributed by atoms with E-state index < -0.39 is 59.1 Å². The quantitative estimate of drug-likeness (QED) is 0.165. The van der Waals surface area contributed by atoms with Gasteiger partial charge in [-0.05, 0) is 11.8 Å². The van der Waals surface area contributed by atoms with Crippen LogP contribution in [0.2, 0.25) is 0 Å². The summed E-state index contributed by atoms with van der Waals surface area (Å²) >= 11 is 4.54. The number of H-pyrrole nitrogens is 1. The van der Waals surface area contributed by atoms with Gasteiger partial charge < -0.3 is 40.3 Å². The number of hydrogen-bond acceptors (Lipinski definition) is 13. The van der Waals surface area contributed by atoms with Crippen LogP contribution in [0.1, 0.15) is 6.23 Å². The van der Waals surface area contributed by atoms with Crippen molar-refractivity contribution in [2.75, 3.05) is 12.3 Å². The Hall–Kier alpha value is -1.14. The van der Waals surface area contributed by atoms with Crippen molar-refractivity contribution in [3.05, 3.63) is 16.7 Å². The summed E-state index contributed by atoms with van der Waals surface area (Å²) in [6, 6.07) is 0. The van der Waals surface area contributed by atoms with Crippen LogP contribution in [-0.2, 0) is 38.8 Å². The van der Waals surface area contributed by atoms with Crippen molar-refractivity contribution in [2.45, 2.75) is 24.5 Å². The van der Waals surface area contributed by atoms with E-state index in [2.05, 4.69) is 35.4 Å². The third-order valence-electron chi connectivity index (χ3n) is 3.88. The first kappa shape index (κ1) is 25.5. The van der Waals surface area contributed by atoms with Crippen molar-refractivity contribution in [3.8, 4) is 0 Å². The molecule has 0 spiro atoms. The lowest BCUT2D eigenvalue weighted by atomic mass is 10.1. The van der Waals surface area contributed by atoms with Crippen LogP contribution in [0.4, 0.5) is 5.95 Å². The molecule has 1 aliphatic heterocycles. The Bertz CT molecular complexity index is 1210. The predicted molar refractivity (Wildman–Crippen MR) is 105 cm³/mol. The molecule has 32 heavy (non-hydrogen) atoms. The van der Waals surface area contributed by atoms with Crippen LogP contribution in [0.25, 0.3) is 11.2 Å². The molecular weight excluding hydrogens is 523 g/mol. The number of imidazole rings is 1. The first-order chi connectivity index (χ1) is 14.6. The van der Waals surface area contributed by atoms with Gasteiger partial charge in [0, 0.05) is 0 Å². The number of aromatic nitrogens is 4. The van der Waals surface area contributed by atoms with Gasteiger partial charge in [0.2, 0.25) is 5.95 Å². The maximum atomic E-state index is 11.9. The zero-order valence-electron chi connectivity index (χ0n) is 15.3. The molecule has 9 N–H and O–H groups in total. The molecule has 2 aromatic rings. The molecule has 0 amide bonds. The fraction of sp³-hybridized carbons (Fsp3) is 0.500. The second-order valence-electron chi connectivity index (χ2n) is 6.17. The van der Waals surface area contributed by atoms with E-state index in [0.717, 1.165) is 10.9 Å². The van der Waals surface area contributed by atoms with E-state index >= 15 is 0 Å². The number of ether oxygens (including phenoxy) is 1. The molecule has 0 aromatic carbocycles. The normalized spacial score (nSPS) is 27.9. The van der Waals surface area contributed by atoms with Gasteiger partial charge in [-0.3, -0.25) is 18.9 Å². The van der Waals surface area contributed by atoms with Crippen molar-refractivity contribution < 1.29 is 56.8 Å².